The van der Waals surface area contributed by atoms with Crippen molar-refractivity contribution in [3.8, 4) is 12.1 Å². The van der Waals surface area contributed by atoms with Gasteiger partial charge >= 0.3 is 0 Å². The fourth-order valence-electron chi connectivity index (χ4n) is 3.03. The Labute approximate surface area is 158 Å². The summed E-state index contributed by atoms with van der Waals surface area (Å²) in [6, 6.07) is 9.70. The Morgan fingerprint density at radius 3 is 2.67 bits per heavy atom. The summed E-state index contributed by atoms with van der Waals surface area (Å²) in [4.78, 5) is 8.37. The molecule has 0 spiro atoms. The first-order chi connectivity index (χ1) is 13.1. The van der Waals surface area contributed by atoms with Crippen LogP contribution in [0, 0.1) is 29.6 Å². The van der Waals surface area contributed by atoms with E-state index in [1.54, 1.807) is 23.5 Å². The van der Waals surface area contributed by atoms with E-state index in [2.05, 4.69) is 46.1 Å². The van der Waals surface area contributed by atoms with Gasteiger partial charge in [0.25, 0.3) is 0 Å². The van der Waals surface area contributed by atoms with Gasteiger partial charge in [0.05, 0.1) is 12.1 Å². The van der Waals surface area contributed by atoms with Gasteiger partial charge < -0.3 is 0 Å². The Morgan fingerprint density at radius 2 is 2.04 bits per heavy atom. The summed E-state index contributed by atoms with van der Waals surface area (Å²) >= 11 is 0. The van der Waals surface area contributed by atoms with Crippen molar-refractivity contribution >= 4 is 18.1 Å². The maximum absolute atomic E-state index is 9.00. The Bertz CT molecular complexity index is 1020. The quantitative estimate of drug-likeness (QED) is 0.602. The standard InChI is InChI=1S/C21H18N6/c1-15-9-17(11-22)13-26-21(15)27(24-2)14-16-3-5-18(6-4-16)19-7-8-25-20(10-19)12-23/h3,5,7-10,13H,2,4,6,14H2,1H3. The molecule has 2 heterocycles. The first kappa shape index (κ1) is 18.0. The normalized spacial score (nSPS) is 13.0. The van der Waals surface area contributed by atoms with Gasteiger partial charge in [-0.05, 0) is 60.2 Å². The molecule has 0 amide bonds. The highest BCUT2D eigenvalue weighted by atomic mass is 15.5. The maximum Gasteiger partial charge on any atom is 0.152 e. The molecule has 3 rings (SSSR count). The van der Waals surface area contributed by atoms with Gasteiger partial charge in [-0.2, -0.15) is 15.6 Å². The Balaban J connectivity index is 1.78. The zero-order valence-electron chi connectivity index (χ0n) is 15.1. The van der Waals surface area contributed by atoms with Crippen molar-refractivity contribution in [1.29, 1.82) is 10.5 Å². The number of pyridine rings is 2. The van der Waals surface area contributed by atoms with Gasteiger partial charge in [0.2, 0.25) is 0 Å². The van der Waals surface area contributed by atoms with Crippen LogP contribution in [0.25, 0.3) is 5.57 Å². The van der Waals surface area contributed by atoms with Gasteiger partial charge in [0.15, 0.2) is 5.82 Å². The number of nitriles is 2. The number of aromatic nitrogens is 2. The lowest BCUT2D eigenvalue weighted by Crippen LogP contribution is -2.21. The molecule has 0 aliphatic heterocycles. The van der Waals surface area contributed by atoms with Crippen LogP contribution in [-0.4, -0.2) is 23.2 Å². The van der Waals surface area contributed by atoms with Crippen molar-refractivity contribution in [2.24, 2.45) is 5.10 Å². The van der Waals surface area contributed by atoms with Gasteiger partial charge in [-0.1, -0.05) is 12.2 Å². The van der Waals surface area contributed by atoms with Crippen LogP contribution in [0.1, 0.15) is 35.2 Å². The molecule has 0 unspecified atom stereocenters. The Hall–Kier alpha value is -3.77. The molecular formula is C21H18N6. The van der Waals surface area contributed by atoms with Crippen LogP contribution >= 0.6 is 0 Å². The van der Waals surface area contributed by atoms with Gasteiger partial charge in [0.1, 0.15) is 17.8 Å². The zero-order valence-corrected chi connectivity index (χ0v) is 15.1. The molecule has 2 aromatic rings. The summed E-state index contributed by atoms with van der Waals surface area (Å²) in [7, 11) is 0. The van der Waals surface area contributed by atoms with Crippen molar-refractivity contribution in [1.82, 2.24) is 9.97 Å². The lowest BCUT2D eigenvalue weighted by molar-refractivity contribution is 0.831. The lowest BCUT2D eigenvalue weighted by atomic mass is 9.93. The van der Waals surface area contributed by atoms with Crippen LogP contribution in [0.5, 0.6) is 0 Å². The molecule has 0 N–H and O–H groups in total. The van der Waals surface area contributed by atoms with E-state index >= 15 is 0 Å². The van der Waals surface area contributed by atoms with Crippen LogP contribution in [0.4, 0.5) is 5.82 Å². The minimum atomic E-state index is 0.424. The van der Waals surface area contributed by atoms with E-state index in [-0.39, 0.29) is 0 Å². The largest absolute Gasteiger partial charge is 0.246 e. The number of nitrogens with zero attached hydrogens (tertiary/aromatic N) is 6. The third-order valence-corrected chi connectivity index (χ3v) is 4.43. The smallest absolute Gasteiger partial charge is 0.152 e. The second kappa shape index (κ2) is 8.07. The molecule has 0 bridgehead atoms. The third-order valence-electron chi connectivity index (χ3n) is 4.43. The van der Waals surface area contributed by atoms with Crippen LogP contribution in [0.2, 0.25) is 0 Å². The molecule has 27 heavy (non-hydrogen) atoms. The molecule has 0 saturated heterocycles. The summed E-state index contributed by atoms with van der Waals surface area (Å²) < 4.78 is 0. The molecule has 0 saturated carbocycles. The van der Waals surface area contributed by atoms with Crippen molar-refractivity contribution in [3.63, 3.8) is 0 Å². The van der Waals surface area contributed by atoms with Crippen LogP contribution < -0.4 is 5.01 Å². The summed E-state index contributed by atoms with van der Waals surface area (Å²) in [5.41, 5.74) is 5.26. The zero-order chi connectivity index (χ0) is 19.2. The maximum atomic E-state index is 9.00. The average Bonchev–Trinajstić information content (AvgIpc) is 2.72. The van der Waals surface area contributed by atoms with E-state index in [9.17, 15) is 0 Å². The summed E-state index contributed by atoms with van der Waals surface area (Å²) in [6.45, 7) is 6.16. The van der Waals surface area contributed by atoms with Crippen molar-refractivity contribution in [2.45, 2.75) is 19.8 Å². The van der Waals surface area contributed by atoms with E-state index in [4.69, 9.17) is 10.5 Å². The van der Waals surface area contributed by atoms with Crippen LogP contribution in [-0.2, 0) is 0 Å². The SMILES string of the molecule is C=NN(CC1=CC=C(c2ccnc(C#N)c2)CC1)c1ncc(C#N)cc1C. The molecule has 0 aromatic carbocycles. The summed E-state index contributed by atoms with van der Waals surface area (Å²) in [6.07, 6.45) is 9.14. The lowest BCUT2D eigenvalue weighted by Gasteiger charge is -2.23. The van der Waals surface area contributed by atoms with Gasteiger partial charge in [-0.15, -0.1) is 0 Å². The number of rotatable bonds is 5. The Kier molecular flexibility index (Phi) is 5.39. The Morgan fingerprint density at radius 1 is 1.19 bits per heavy atom. The van der Waals surface area contributed by atoms with Gasteiger partial charge in [0, 0.05) is 19.1 Å². The van der Waals surface area contributed by atoms with E-state index in [0.717, 1.165) is 24.0 Å². The molecule has 0 atom stereocenters. The van der Waals surface area contributed by atoms with Crippen molar-refractivity contribution < 1.29 is 0 Å². The molecule has 2 aromatic heterocycles. The van der Waals surface area contributed by atoms with Gasteiger partial charge in [-0.25, -0.2) is 15.0 Å². The molecule has 132 valence electrons. The second-order valence-electron chi connectivity index (χ2n) is 6.23. The first-order valence-electron chi connectivity index (χ1n) is 8.50. The molecule has 1 aliphatic rings. The number of hydrogen-bond acceptors (Lipinski definition) is 6. The highest BCUT2D eigenvalue weighted by Crippen LogP contribution is 2.28. The number of allylic oxidation sites excluding steroid dienone is 3. The first-order valence-corrected chi connectivity index (χ1v) is 8.50. The summed E-state index contributed by atoms with van der Waals surface area (Å²) in [5.74, 6) is 0.701. The number of hydrogen-bond donors (Lipinski definition) is 0. The van der Waals surface area contributed by atoms with E-state index in [1.807, 2.05) is 19.1 Å². The fourth-order valence-corrected chi connectivity index (χ4v) is 3.03. The molecule has 0 fully saturated rings. The monoisotopic (exact) mass is 354 g/mol. The van der Waals surface area contributed by atoms with Gasteiger partial charge in [-0.3, -0.25) is 0 Å². The topological polar surface area (TPSA) is 89.0 Å². The van der Waals surface area contributed by atoms with Crippen LogP contribution in [0.15, 0.2) is 53.4 Å². The van der Waals surface area contributed by atoms with E-state index in [1.165, 1.54) is 11.1 Å². The molecular weight excluding hydrogens is 336 g/mol. The molecule has 1 aliphatic carbocycles. The predicted molar refractivity (Wildman–Crippen MR) is 105 cm³/mol. The minimum absolute atomic E-state index is 0.424. The highest BCUT2D eigenvalue weighted by Gasteiger charge is 2.15. The van der Waals surface area contributed by atoms with Crippen molar-refractivity contribution in [2.75, 3.05) is 11.6 Å². The number of aryl methyl sites for hydroxylation is 1. The molecule has 6 nitrogen and oxygen atoms in total. The molecule has 6 heteroatoms. The van der Waals surface area contributed by atoms with E-state index in [0.29, 0.717) is 23.6 Å². The number of hydrazone groups is 1. The second-order valence-corrected chi connectivity index (χ2v) is 6.23. The minimum Gasteiger partial charge on any atom is -0.246 e. The van der Waals surface area contributed by atoms with E-state index < -0.39 is 0 Å². The van der Waals surface area contributed by atoms with Crippen LogP contribution in [0.3, 0.4) is 0 Å². The third kappa shape index (κ3) is 4.08. The summed E-state index contributed by atoms with van der Waals surface area (Å²) in [5, 5.41) is 23.8. The van der Waals surface area contributed by atoms with Crippen molar-refractivity contribution in [3.05, 3.63) is 70.7 Å². The number of anilines is 1. The average molecular weight is 354 g/mol. The predicted octanol–water partition coefficient (Wildman–Crippen LogP) is 3.75. The fraction of sp³-hybridized carbons (Fsp3) is 0.190. The molecule has 0 radical (unpaired) electrons. The highest BCUT2D eigenvalue weighted by molar-refractivity contribution is 5.69.